The quantitative estimate of drug-likeness (QED) is 0.487. The van der Waals surface area contributed by atoms with E-state index >= 15 is 0 Å². The summed E-state index contributed by atoms with van der Waals surface area (Å²) in [6, 6.07) is 6.77. The number of aromatic nitrogens is 2. The molecule has 0 aliphatic carbocycles. The lowest BCUT2D eigenvalue weighted by Crippen LogP contribution is -2.23. The molecule has 1 aromatic heterocycles. The fraction of sp³-hybridized carbons (Fsp3) is 0.375. The second kappa shape index (κ2) is 7.55. The van der Waals surface area contributed by atoms with E-state index in [9.17, 15) is 10.0 Å². The molecule has 0 aliphatic rings. The number of aliphatic imine (C=N–C) groups is 1. The lowest BCUT2D eigenvalue weighted by atomic mass is 9.88. The number of nitrogens with one attached hydrogen (secondary N) is 1. The molecule has 1 heterocycles. The van der Waals surface area contributed by atoms with Crippen molar-refractivity contribution in [1.82, 2.24) is 15.8 Å². The van der Waals surface area contributed by atoms with Gasteiger partial charge in [-0.3, -0.25) is 15.5 Å². The van der Waals surface area contributed by atoms with Gasteiger partial charge in [0.1, 0.15) is 11.5 Å². The number of hydroxylamine groups is 1. The van der Waals surface area contributed by atoms with Crippen LogP contribution in [0.4, 0.5) is 5.69 Å². The predicted molar refractivity (Wildman–Crippen MR) is 89.7 cm³/mol. The van der Waals surface area contributed by atoms with Gasteiger partial charge < -0.3 is 0 Å². The first-order chi connectivity index (χ1) is 11.3. The third kappa shape index (κ3) is 5.14. The van der Waals surface area contributed by atoms with E-state index in [0.717, 1.165) is 0 Å². The van der Waals surface area contributed by atoms with Crippen molar-refractivity contribution in [2.75, 3.05) is 0 Å². The Labute approximate surface area is 144 Å². The summed E-state index contributed by atoms with van der Waals surface area (Å²) < 4.78 is 4.71. The summed E-state index contributed by atoms with van der Waals surface area (Å²) in [6.07, 6.45) is 0.443. The van der Waals surface area contributed by atoms with Gasteiger partial charge in [0, 0.05) is 11.4 Å². The zero-order valence-corrected chi connectivity index (χ0v) is 14.5. The summed E-state index contributed by atoms with van der Waals surface area (Å²) >= 11 is 5.91. The van der Waals surface area contributed by atoms with Crippen LogP contribution in [0.3, 0.4) is 0 Å². The summed E-state index contributed by atoms with van der Waals surface area (Å²) in [4.78, 5) is 16.4. The average Bonchev–Trinajstić information content (AvgIpc) is 2.90. The SMILES string of the molecule is CC(C)(C)CC(=O)Cc1nonc1C(=Nc1cccc(Cl)c1)NO. The van der Waals surface area contributed by atoms with Crippen LogP contribution in [0, 0.1) is 5.41 Å². The first-order valence-corrected chi connectivity index (χ1v) is 7.74. The molecule has 0 atom stereocenters. The van der Waals surface area contributed by atoms with Gasteiger partial charge in [-0.25, -0.2) is 9.62 Å². The van der Waals surface area contributed by atoms with Gasteiger partial charge in [0.15, 0.2) is 11.5 Å². The third-order valence-corrected chi connectivity index (χ3v) is 3.26. The second-order valence-corrected chi connectivity index (χ2v) is 7.00. The van der Waals surface area contributed by atoms with E-state index in [1.54, 1.807) is 24.3 Å². The van der Waals surface area contributed by atoms with Crippen LogP contribution in [-0.2, 0) is 11.2 Å². The first kappa shape index (κ1) is 18.1. The van der Waals surface area contributed by atoms with E-state index in [1.165, 1.54) is 0 Å². The monoisotopic (exact) mass is 350 g/mol. The maximum Gasteiger partial charge on any atom is 0.182 e. The van der Waals surface area contributed by atoms with Gasteiger partial charge in [-0.05, 0) is 28.8 Å². The van der Waals surface area contributed by atoms with Crippen LogP contribution >= 0.6 is 11.6 Å². The Balaban J connectivity index is 2.25. The zero-order chi connectivity index (χ0) is 17.7. The summed E-state index contributed by atoms with van der Waals surface area (Å²) in [5.41, 5.74) is 2.84. The lowest BCUT2D eigenvalue weighted by molar-refractivity contribution is -0.120. The molecular weight excluding hydrogens is 332 g/mol. The van der Waals surface area contributed by atoms with Gasteiger partial charge in [0.05, 0.1) is 12.1 Å². The highest BCUT2D eigenvalue weighted by atomic mass is 35.5. The molecule has 0 unspecified atom stereocenters. The van der Waals surface area contributed by atoms with E-state index < -0.39 is 0 Å². The van der Waals surface area contributed by atoms with Crippen molar-refractivity contribution < 1.29 is 14.6 Å². The molecule has 2 aromatic rings. The topological polar surface area (TPSA) is 101 Å². The Bertz CT molecular complexity index is 750. The molecule has 1 aromatic carbocycles. The molecule has 0 radical (unpaired) electrons. The van der Waals surface area contributed by atoms with Crippen LogP contribution in [0.15, 0.2) is 33.9 Å². The minimum absolute atomic E-state index is 0.000467. The Kier molecular flexibility index (Phi) is 5.69. The Morgan fingerprint density at radius 2 is 2.12 bits per heavy atom. The largest absolute Gasteiger partial charge is 0.299 e. The van der Waals surface area contributed by atoms with Crippen molar-refractivity contribution in [3.05, 3.63) is 40.7 Å². The Morgan fingerprint density at radius 1 is 1.38 bits per heavy atom. The van der Waals surface area contributed by atoms with Crippen LogP contribution in [0.1, 0.15) is 38.6 Å². The number of Topliss-reactive ketones (excluding diaryl/α,β-unsaturated/α-hetero) is 1. The fourth-order valence-electron chi connectivity index (χ4n) is 2.15. The van der Waals surface area contributed by atoms with Gasteiger partial charge in [0.25, 0.3) is 0 Å². The van der Waals surface area contributed by atoms with Gasteiger partial charge in [-0.1, -0.05) is 43.6 Å². The maximum atomic E-state index is 12.1. The number of rotatable bonds is 5. The molecule has 2 rings (SSSR count). The number of benzene rings is 1. The second-order valence-electron chi connectivity index (χ2n) is 6.56. The Hall–Kier alpha value is -2.25. The molecule has 2 N–H and O–H groups in total. The molecule has 0 bridgehead atoms. The minimum Gasteiger partial charge on any atom is -0.299 e. The molecule has 8 heteroatoms. The van der Waals surface area contributed by atoms with Crippen LogP contribution in [0.25, 0.3) is 0 Å². The molecule has 7 nitrogen and oxygen atoms in total. The predicted octanol–water partition coefficient (Wildman–Crippen LogP) is 3.33. The standard InChI is InChI=1S/C16H19ClN4O3/c1-16(2,3)9-12(22)8-13-14(21-24-20-13)15(19-23)18-11-6-4-5-10(17)7-11/h4-7,23H,8-9H2,1-3H3,(H,18,19). The third-order valence-electron chi connectivity index (χ3n) is 3.03. The van der Waals surface area contributed by atoms with Gasteiger partial charge in [0.2, 0.25) is 0 Å². The molecule has 0 saturated heterocycles. The maximum absolute atomic E-state index is 12.1. The number of hydrogen-bond donors (Lipinski definition) is 2. The van der Waals surface area contributed by atoms with Crippen molar-refractivity contribution in [3.63, 3.8) is 0 Å². The van der Waals surface area contributed by atoms with E-state index in [2.05, 4.69) is 15.3 Å². The van der Waals surface area contributed by atoms with E-state index in [-0.39, 0.29) is 29.1 Å². The summed E-state index contributed by atoms with van der Waals surface area (Å²) in [6.45, 7) is 5.94. The van der Waals surface area contributed by atoms with E-state index in [4.69, 9.17) is 16.2 Å². The first-order valence-electron chi connectivity index (χ1n) is 7.36. The zero-order valence-electron chi connectivity index (χ0n) is 13.7. The van der Waals surface area contributed by atoms with Crippen molar-refractivity contribution in [2.45, 2.75) is 33.6 Å². The number of carbonyl (C=O) groups is 1. The van der Waals surface area contributed by atoms with Crippen LogP contribution in [0.2, 0.25) is 5.02 Å². The van der Waals surface area contributed by atoms with Crippen LogP contribution < -0.4 is 5.48 Å². The molecule has 0 aliphatic heterocycles. The van der Waals surface area contributed by atoms with Crippen molar-refractivity contribution in [2.24, 2.45) is 10.4 Å². The molecule has 128 valence electrons. The van der Waals surface area contributed by atoms with Gasteiger partial charge in [-0.15, -0.1) is 0 Å². The molecule has 0 fully saturated rings. The number of amidine groups is 1. The number of hydrogen-bond acceptors (Lipinski definition) is 6. The average molecular weight is 351 g/mol. The minimum atomic E-state index is -0.124. The number of ketones is 1. The Morgan fingerprint density at radius 3 is 2.75 bits per heavy atom. The van der Waals surface area contributed by atoms with Crippen LogP contribution in [0.5, 0.6) is 0 Å². The summed E-state index contributed by atoms with van der Waals surface area (Å²) in [5.74, 6) is 0.0246. The summed E-state index contributed by atoms with van der Waals surface area (Å²) in [5, 5.41) is 17.4. The van der Waals surface area contributed by atoms with Crippen LogP contribution in [-0.4, -0.2) is 27.1 Å². The number of carbonyl (C=O) groups excluding carboxylic acids is 1. The van der Waals surface area contributed by atoms with Crippen molar-refractivity contribution in [1.29, 1.82) is 0 Å². The molecule has 0 spiro atoms. The van der Waals surface area contributed by atoms with E-state index in [1.807, 2.05) is 26.3 Å². The van der Waals surface area contributed by atoms with Gasteiger partial charge in [-0.2, -0.15) is 0 Å². The molecule has 24 heavy (non-hydrogen) atoms. The normalized spacial score (nSPS) is 12.3. The lowest BCUT2D eigenvalue weighted by Gasteiger charge is -2.16. The number of halogens is 1. The molecular formula is C16H19ClN4O3. The van der Waals surface area contributed by atoms with Crippen molar-refractivity contribution in [3.8, 4) is 0 Å². The van der Waals surface area contributed by atoms with Gasteiger partial charge >= 0.3 is 0 Å². The summed E-state index contributed by atoms with van der Waals surface area (Å²) in [7, 11) is 0. The molecule has 0 amide bonds. The smallest absolute Gasteiger partial charge is 0.182 e. The fourth-order valence-corrected chi connectivity index (χ4v) is 2.33. The van der Waals surface area contributed by atoms with Crippen molar-refractivity contribution >= 4 is 28.9 Å². The highest BCUT2D eigenvalue weighted by Crippen LogP contribution is 2.21. The highest BCUT2D eigenvalue weighted by molar-refractivity contribution is 6.30. The molecule has 0 saturated carbocycles. The number of nitrogens with zero attached hydrogens (tertiary/aromatic N) is 3. The van der Waals surface area contributed by atoms with E-state index in [0.29, 0.717) is 22.8 Å². The highest BCUT2D eigenvalue weighted by Gasteiger charge is 2.22.